The minimum Gasteiger partial charge on any atom is -0.493 e. The molecule has 0 aliphatic carbocycles. The SMILES string of the molecule is CCCOc1c(C2CCN(C(=O)OC)CC2)ccc2c1CCC(C)N2C. The van der Waals surface area contributed by atoms with Crippen molar-refractivity contribution in [2.75, 3.05) is 38.8 Å². The summed E-state index contributed by atoms with van der Waals surface area (Å²) in [6.45, 7) is 6.69. The van der Waals surface area contributed by atoms with Gasteiger partial charge in [-0.3, -0.25) is 0 Å². The Labute approximate surface area is 157 Å². The Kier molecular flexibility index (Phi) is 5.94. The average Bonchev–Trinajstić information content (AvgIpc) is 2.68. The summed E-state index contributed by atoms with van der Waals surface area (Å²) >= 11 is 0. The number of benzene rings is 1. The van der Waals surface area contributed by atoms with Crippen LogP contribution in [0.5, 0.6) is 5.75 Å². The zero-order chi connectivity index (χ0) is 18.7. The van der Waals surface area contributed by atoms with Gasteiger partial charge in [0.2, 0.25) is 0 Å². The van der Waals surface area contributed by atoms with Crippen molar-refractivity contribution >= 4 is 11.8 Å². The summed E-state index contributed by atoms with van der Waals surface area (Å²) in [5, 5.41) is 0. The predicted molar refractivity (Wildman–Crippen MR) is 104 cm³/mol. The van der Waals surface area contributed by atoms with Crippen LogP contribution >= 0.6 is 0 Å². The zero-order valence-electron chi connectivity index (χ0n) is 16.6. The summed E-state index contributed by atoms with van der Waals surface area (Å²) in [6, 6.07) is 5.10. The molecule has 5 heteroatoms. The number of carbonyl (C=O) groups is 1. The summed E-state index contributed by atoms with van der Waals surface area (Å²) in [5.41, 5.74) is 4.00. The third-order valence-corrected chi connectivity index (χ3v) is 5.94. The third kappa shape index (κ3) is 3.62. The lowest BCUT2D eigenvalue weighted by Crippen LogP contribution is -2.38. The lowest BCUT2D eigenvalue weighted by atomic mass is 9.85. The fourth-order valence-electron chi connectivity index (χ4n) is 4.19. The molecule has 1 amide bonds. The minimum atomic E-state index is -0.216. The molecule has 0 radical (unpaired) electrons. The van der Waals surface area contributed by atoms with Gasteiger partial charge in [0, 0.05) is 37.4 Å². The Bertz CT molecular complexity index is 638. The first-order valence-corrected chi connectivity index (χ1v) is 9.91. The van der Waals surface area contributed by atoms with Gasteiger partial charge < -0.3 is 19.3 Å². The summed E-state index contributed by atoms with van der Waals surface area (Å²) in [7, 11) is 3.63. The number of fused-ring (bicyclic) bond motifs is 1. The molecule has 1 aromatic carbocycles. The molecule has 26 heavy (non-hydrogen) atoms. The molecule has 5 nitrogen and oxygen atoms in total. The quantitative estimate of drug-likeness (QED) is 0.807. The van der Waals surface area contributed by atoms with Crippen molar-refractivity contribution in [1.82, 2.24) is 4.90 Å². The smallest absolute Gasteiger partial charge is 0.409 e. The van der Waals surface area contributed by atoms with Crippen molar-refractivity contribution < 1.29 is 14.3 Å². The van der Waals surface area contributed by atoms with E-state index in [0.29, 0.717) is 12.0 Å². The molecule has 0 N–H and O–H groups in total. The van der Waals surface area contributed by atoms with Crippen LogP contribution in [0.3, 0.4) is 0 Å². The molecule has 2 heterocycles. The average molecular weight is 360 g/mol. The van der Waals surface area contributed by atoms with Crippen LogP contribution in [0.2, 0.25) is 0 Å². The van der Waals surface area contributed by atoms with Gasteiger partial charge in [-0.15, -0.1) is 0 Å². The molecule has 0 saturated carbocycles. The van der Waals surface area contributed by atoms with Gasteiger partial charge in [0.1, 0.15) is 5.75 Å². The second-order valence-corrected chi connectivity index (χ2v) is 7.56. The largest absolute Gasteiger partial charge is 0.493 e. The topological polar surface area (TPSA) is 42.0 Å². The molecule has 1 fully saturated rings. The number of hydrogen-bond donors (Lipinski definition) is 0. The molecule has 2 aliphatic rings. The van der Waals surface area contributed by atoms with Crippen LogP contribution in [-0.4, -0.2) is 50.9 Å². The Morgan fingerprint density at radius 3 is 2.62 bits per heavy atom. The number of likely N-dealkylation sites (tertiary alicyclic amines) is 1. The summed E-state index contributed by atoms with van der Waals surface area (Å²) in [4.78, 5) is 15.9. The van der Waals surface area contributed by atoms with E-state index in [1.165, 1.54) is 23.9 Å². The van der Waals surface area contributed by atoms with E-state index in [-0.39, 0.29) is 6.09 Å². The normalized spacial score (nSPS) is 20.7. The van der Waals surface area contributed by atoms with Crippen molar-refractivity contribution in [3.8, 4) is 5.75 Å². The standard InChI is InChI=1S/C21H32N2O3/c1-5-14-26-20-17(16-10-12-23(13-11-16)21(24)25-4)8-9-19-18(20)7-6-15(2)22(19)3/h8-9,15-16H,5-7,10-14H2,1-4H3. The van der Waals surface area contributed by atoms with Gasteiger partial charge in [0.15, 0.2) is 0 Å². The first kappa shape index (κ1) is 18.9. The molecular formula is C21H32N2O3. The number of piperidine rings is 1. The van der Waals surface area contributed by atoms with Crippen molar-refractivity contribution in [1.29, 1.82) is 0 Å². The molecule has 1 atom stereocenters. The van der Waals surface area contributed by atoms with E-state index in [2.05, 4.69) is 37.9 Å². The zero-order valence-corrected chi connectivity index (χ0v) is 16.6. The van der Waals surface area contributed by atoms with Crippen LogP contribution in [-0.2, 0) is 11.2 Å². The highest BCUT2D eigenvalue weighted by atomic mass is 16.5. The van der Waals surface area contributed by atoms with Crippen LogP contribution in [0.25, 0.3) is 0 Å². The van der Waals surface area contributed by atoms with E-state index in [1.807, 2.05) is 0 Å². The molecule has 0 aromatic heterocycles. The molecule has 0 spiro atoms. The van der Waals surface area contributed by atoms with Crippen LogP contribution in [0.1, 0.15) is 56.6 Å². The summed E-state index contributed by atoms with van der Waals surface area (Å²) < 4.78 is 11.1. The monoisotopic (exact) mass is 360 g/mol. The van der Waals surface area contributed by atoms with Crippen LogP contribution in [0, 0.1) is 0 Å². The van der Waals surface area contributed by atoms with Gasteiger partial charge in [0.25, 0.3) is 0 Å². The maximum Gasteiger partial charge on any atom is 0.409 e. The van der Waals surface area contributed by atoms with E-state index in [1.54, 1.807) is 4.90 Å². The molecule has 1 saturated heterocycles. The maximum absolute atomic E-state index is 11.8. The van der Waals surface area contributed by atoms with Gasteiger partial charge in [-0.2, -0.15) is 0 Å². The highest BCUT2D eigenvalue weighted by molar-refractivity contribution is 5.68. The van der Waals surface area contributed by atoms with Crippen LogP contribution in [0.4, 0.5) is 10.5 Å². The molecule has 1 unspecified atom stereocenters. The van der Waals surface area contributed by atoms with Gasteiger partial charge in [-0.05, 0) is 56.6 Å². The number of carbonyl (C=O) groups excluding carboxylic acids is 1. The Hall–Kier alpha value is -1.91. The van der Waals surface area contributed by atoms with E-state index in [4.69, 9.17) is 9.47 Å². The fraction of sp³-hybridized carbons (Fsp3) is 0.667. The van der Waals surface area contributed by atoms with Crippen molar-refractivity contribution in [2.45, 2.75) is 57.9 Å². The van der Waals surface area contributed by atoms with E-state index in [9.17, 15) is 4.79 Å². The van der Waals surface area contributed by atoms with E-state index >= 15 is 0 Å². The highest BCUT2D eigenvalue weighted by Crippen LogP contribution is 2.43. The number of methoxy groups -OCH3 is 1. The maximum atomic E-state index is 11.8. The number of hydrogen-bond acceptors (Lipinski definition) is 4. The van der Waals surface area contributed by atoms with Gasteiger partial charge in [-0.25, -0.2) is 4.79 Å². The molecule has 2 aliphatic heterocycles. The Morgan fingerprint density at radius 2 is 1.96 bits per heavy atom. The lowest BCUT2D eigenvalue weighted by molar-refractivity contribution is 0.112. The molecule has 144 valence electrons. The second-order valence-electron chi connectivity index (χ2n) is 7.56. The number of rotatable bonds is 4. The summed E-state index contributed by atoms with van der Waals surface area (Å²) in [5.74, 6) is 1.55. The van der Waals surface area contributed by atoms with Crippen LogP contribution < -0.4 is 9.64 Å². The van der Waals surface area contributed by atoms with Crippen molar-refractivity contribution in [3.05, 3.63) is 23.3 Å². The second kappa shape index (κ2) is 8.19. The van der Waals surface area contributed by atoms with Crippen molar-refractivity contribution in [3.63, 3.8) is 0 Å². The Morgan fingerprint density at radius 1 is 1.23 bits per heavy atom. The van der Waals surface area contributed by atoms with Gasteiger partial charge in [0.05, 0.1) is 13.7 Å². The Balaban J connectivity index is 1.86. The van der Waals surface area contributed by atoms with Crippen LogP contribution in [0.15, 0.2) is 12.1 Å². The van der Waals surface area contributed by atoms with Gasteiger partial charge >= 0.3 is 6.09 Å². The predicted octanol–water partition coefficient (Wildman–Crippen LogP) is 4.19. The molecule has 0 bridgehead atoms. The van der Waals surface area contributed by atoms with E-state index in [0.717, 1.165) is 57.6 Å². The minimum absolute atomic E-state index is 0.216. The molecule has 1 aromatic rings. The third-order valence-electron chi connectivity index (χ3n) is 5.94. The summed E-state index contributed by atoms with van der Waals surface area (Å²) in [6.07, 6.45) is 4.96. The number of ether oxygens (including phenoxy) is 2. The first-order valence-electron chi connectivity index (χ1n) is 9.91. The molecule has 3 rings (SSSR count). The molecular weight excluding hydrogens is 328 g/mol. The fourth-order valence-corrected chi connectivity index (χ4v) is 4.19. The number of anilines is 1. The lowest BCUT2D eigenvalue weighted by Gasteiger charge is -2.37. The van der Waals surface area contributed by atoms with Crippen molar-refractivity contribution in [2.24, 2.45) is 0 Å². The first-order chi connectivity index (χ1) is 12.6. The number of nitrogens with zero attached hydrogens (tertiary/aromatic N) is 2. The van der Waals surface area contributed by atoms with Gasteiger partial charge in [-0.1, -0.05) is 13.0 Å². The highest BCUT2D eigenvalue weighted by Gasteiger charge is 2.30. The van der Waals surface area contributed by atoms with E-state index < -0.39 is 0 Å². The number of amides is 1.